The van der Waals surface area contributed by atoms with E-state index in [0.29, 0.717) is 11.8 Å². The highest BCUT2D eigenvalue weighted by molar-refractivity contribution is 5.96. The van der Waals surface area contributed by atoms with Crippen LogP contribution < -0.4 is 5.32 Å². The predicted octanol–water partition coefficient (Wildman–Crippen LogP) is -0.449. The number of hydrogen-bond acceptors (Lipinski definition) is 4. The highest BCUT2D eigenvalue weighted by Gasteiger charge is 2.27. The molecule has 2 rings (SSSR count). The molecule has 0 aromatic carbocycles. The second kappa shape index (κ2) is 2.62. The quantitative estimate of drug-likeness (QED) is 0.520. The summed E-state index contributed by atoms with van der Waals surface area (Å²) < 4.78 is 4.92. The van der Waals surface area contributed by atoms with Crippen LogP contribution in [0.4, 0.5) is 0 Å². The van der Waals surface area contributed by atoms with Crippen molar-refractivity contribution < 1.29 is 9.53 Å². The number of nitrogens with one attached hydrogen (secondary N) is 1. The van der Waals surface area contributed by atoms with Gasteiger partial charge in [0.2, 0.25) is 0 Å². The first-order valence-electron chi connectivity index (χ1n) is 3.82. The van der Waals surface area contributed by atoms with Crippen LogP contribution in [-0.4, -0.2) is 31.5 Å². The molecule has 1 atom stereocenters. The molecule has 2 aliphatic rings. The van der Waals surface area contributed by atoms with Crippen LogP contribution in [0.2, 0.25) is 0 Å². The van der Waals surface area contributed by atoms with Gasteiger partial charge in [-0.15, -0.1) is 0 Å². The normalized spacial score (nSPS) is 30.4. The molecule has 1 N–H and O–H groups in total. The van der Waals surface area contributed by atoms with Crippen molar-refractivity contribution in [1.29, 1.82) is 0 Å². The second-order valence-electron chi connectivity index (χ2n) is 2.82. The zero-order valence-corrected chi connectivity index (χ0v) is 6.17. The van der Waals surface area contributed by atoms with Gasteiger partial charge in [-0.3, -0.25) is 0 Å². The Morgan fingerprint density at radius 3 is 3.09 bits per heavy atom. The van der Waals surface area contributed by atoms with E-state index in [0.717, 1.165) is 19.5 Å². The third-order valence-corrected chi connectivity index (χ3v) is 1.99. The summed E-state index contributed by atoms with van der Waals surface area (Å²) >= 11 is 0. The van der Waals surface area contributed by atoms with Gasteiger partial charge in [-0.2, -0.15) is 0 Å². The van der Waals surface area contributed by atoms with Crippen LogP contribution in [0.15, 0.2) is 4.99 Å². The number of ether oxygens (including phenoxy) is 1. The average Bonchev–Trinajstić information content (AvgIpc) is 2.55. The van der Waals surface area contributed by atoms with E-state index >= 15 is 0 Å². The number of rotatable bonds is 1. The lowest BCUT2D eigenvalue weighted by atomic mass is 10.1. The van der Waals surface area contributed by atoms with E-state index in [4.69, 9.17) is 4.74 Å². The first kappa shape index (κ1) is 6.79. The molecule has 0 radical (unpaired) electrons. The van der Waals surface area contributed by atoms with Gasteiger partial charge in [-0.25, -0.2) is 9.79 Å². The van der Waals surface area contributed by atoms with Gasteiger partial charge in [0.25, 0.3) is 0 Å². The molecule has 4 heteroatoms. The van der Waals surface area contributed by atoms with Gasteiger partial charge < -0.3 is 10.1 Å². The van der Waals surface area contributed by atoms with E-state index in [-0.39, 0.29) is 12.5 Å². The fraction of sp³-hybridized carbons (Fsp3) is 0.714. The number of carbonyl (C=O) groups excluding carboxylic acids is 1. The van der Waals surface area contributed by atoms with Crippen molar-refractivity contribution in [2.75, 3.05) is 19.6 Å². The highest BCUT2D eigenvalue weighted by Crippen LogP contribution is 2.14. The smallest absolute Gasteiger partial charge is 0.334 e. The Labute approximate surface area is 64.6 Å². The Bertz CT molecular complexity index is 206. The van der Waals surface area contributed by atoms with Crippen molar-refractivity contribution in [3.63, 3.8) is 0 Å². The van der Waals surface area contributed by atoms with E-state index in [1.807, 2.05) is 0 Å². The van der Waals surface area contributed by atoms with E-state index in [2.05, 4.69) is 10.3 Å². The summed E-state index contributed by atoms with van der Waals surface area (Å²) in [5.74, 6) is 0.758. The minimum atomic E-state index is -0.216. The van der Waals surface area contributed by atoms with Gasteiger partial charge in [0.1, 0.15) is 6.54 Å². The molecule has 1 saturated heterocycles. The lowest BCUT2D eigenvalue weighted by Gasteiger charge is -2.04. The summed E-state index contributed by atoms with van der Waals surface area (Å²) in [7, 11) is 0. The SMILES string of the molecule is O=C1CN=C(C2CCNC2)O1. The summed E-state index contributed by atoms with van der Waals surface area (Å²) in [5, 5.41) is 3.19. The number of aliphatic imine (C=N–C) groups is 1. The van der Waals surface area contributed by atoms with Gasteiger partial charge >= 0.3 is 5.97 Å². The van der Waals surface area contributed by atoms with Crippen molar-refractivity contribution in [3.8, 4) is 0 Å². The third kappa shape index (κ3) is 1.26. The van der Waals surface area contributed by atoms with Crippen LogP contribution in [0.3, 0.4) is 0 Å². The van der Waals surface area contributed by atoms with Crippen LogP contribution in [0, 0.1) is 5.92 Å². The zero-order chi connectivity index (χ0) is 7.68. The van der Waals surface area contributed by atoms with Crippen molar-refractivity contribution in [3.05, 3.63) is 0 Å². The van der Waals surface area contributed by atoms with Gasteiger partial charge in [-0.05, 0) is 13.0 Å². The van der Waals surface area contributed by atoms with E-state index in [9.17, 15) is 4.79 Å². The maximum atomic E-state index is 10.7. The first-order valence-corrected chi connectivity index (χ1v) is 3.82. The molecule has 1 fully saturated rings. The molecular formula is C7H10N2O2. The average molecular weight is 154 g/mol. The Hall–Kier alpha value is -0.900. The number of nitrogens with zero attached hydrogens (tertiary/aromatic N) is 1. The summed E-state index contributed by atoms with van der Waals surface area (Å²) in [4.78, 5) is 14.7. The lowest BCUT2D eigenvalue weighted by Crippen LogP contribution is -2.19. The molecule has 2 heterocycles. The topological polar surface area (TPSA) is 50.7 Å². The fourth-order valence-corrected chi connectivity index (χ4v) is 1.40. The molecular weight excluding hydrogens is 144 g/mol. The molecule has 0 amide bonds. The van der Waals surface area contributed by atoms with Gasteiger partial charge in [0, 0.05) is 12.5 Å². The summed E-state index contributed by atoms with van der Waals surface area (Å²) in [6, 6.07) is 0. The third-order valence-electron chi connectivity index (χ3n) is 1.99. The fourth-order valence-electron chi connectivity index (χ4n) is 1.40. The summed E-state index contributed by atoms with van der Waals surface area (Å²) in [6.07, 6.45) is 1.03. The molecule has 1 unspecified atom stereocenters. The van der Waals surface area contributed by atoms with E-state index in [1.54, 1.807) is 0 Å². The molecule has 11 heavy (non-hydrogen) atoms. The van der Waals surface area contributed by atoms with Crippen molar-refractivity contribution in [1.82, 2.24) is 5.32 Å². The summed E-state index contributed by atoms with van der Waals surface area (Å²) in [5.41, 5.74) is 0. The second-order valence-corrected chi connectivity index (χ2v) is 2.82. The molecule has 0 aromatic heterocycles. The highest BCUT2D eigenvalue weighted by atomic mass is 16.6. The molecule has 0 aliphatic carbocycles. The maximum Gasteiger partial charge on any atom is 0.334 e. The number of hydrogen-bond donors (Lipinski definition) is 1. The largest absolute Gasteiger partial charge is 0.410 e. The first-order chi connectivity index (χ1) is 5.36. The van der Waals surface area contributed by atoms with Crippen LogP contribution in [0.25, 0.3) is 0 Å². The number of esters is 1. The minimum absolute atomic E-state index is 0.214. The van der Waals surface area contributed by atoms with E-state index < -0.39 is 0 Å². The maximum absolute atomic E-state index is 10.7. The van der Waals surface area contributed by atoms with Crippen molar-refractivity contribution in [2.24, 2.45) is 10.9 Å². The summed E-state index contributed by atoms with van der Waals surface area (Å²) in [6.45, 7) is 2.11. The molecule has 60 valence electrons. The lowest BCUT2D eigenvalue weighted by molar-refractivity contribution is -0.132. The van der Waals surface area contributed by atoms with Gasteiger partial charge in [0.15, 0.2) is 5.90 Å². The molecule has 0 aromatic rings. The Morgan fingerprint density at radius 2 is 2.55 bits per heavy atom. The number of cyclic esters (lactones) is 1. The number of carbonyl (C=O) groups is 1. The van der Waals surface area contributed by atoms with E-state index in [1.165, 1.54) is 0 Å². The molecule has 0 spiro atoms. The molecule has 4 nitrogen and oxygen atoms in total. The zero-order valence-electron chi connectivity index (χ0n) is 6.17. The van der Waals surface area contributed by atoms with Crippen molar-refractivity contribution in [2.45, 2.75) is 6.42 Å². The Balaban J connectivity index is 1.99. The molecule has 0 bridgehead atoms. The van der Waals surface area contributed by atoms with Crippen LogP contribution in [-0.2, 0) is 9.53 Å². The van der Waals surface area contributed by atoms with Gasteiger partial charge in [-0.1, -0.05) is 0 Å². The molecule has 0 saturated carbocycles. The van der Waals surface area contributed by atoms with Crippen molar-refractivity contribution >= 4 is 11.9 Å². The molecule has 2 aliphatic heterocycles. The standard InChI is InChI=1S/C7H10N2O2/c10-6-4-9-7(11-6)5-1-2-8-3-5/h5,8H,1-4H2. The Morgan fingerprint density at radius 1 is 1.64 bits per heavy atom. The van der Waals surface area contributed by atoms with Gasteiger partial charge in [0.05, 0.1) is 0 Å². The van der Waals surface area contributed by atoms with Crippen LogP contribution >= 0.6 is 0 Å². The predicted molar refractivity (Wildman–Crippen MR) is 39.4 cm³/mol. The van der Waals surface area contributed by atoms with Crippen LogP contribution in [0.5, 0.6) is 0 Å². The van der Waals surface area contributed by atoms with Crippen LogP contribution in [0.1, 0.15) is 6.42 Å². The minimum Gasteiger partial charge on any atom is -0.410 e. The Kier molecular flexibility index (Phi) is 1.62. The monoisotopic (exact) mass is 154 g/mol.